The highest BCUT2D eigenvalue weighted by molar-refractivity contribution is 6.14. The highest BCUT2D eigenvalue weighted by Crippen LogP contribution is 2.27. The van der Waals surface area contributed by atoms with E-state index in [9.17, 15) is 14.4 Å². The molecule has 0 spiro atoms. The maximum Gasteiger partial charge on any atom is 0.329 e. The van der Waals surface area contributed by atoms with Crippen molar-refractivity contribution in [3.8, 4) is 0 Å². The van der Waals surface area contributed by atoms with Gasteiger partial charge in [0.2, 0.25) is 0 Å². The fourth-order valence-electron chi connectivity index (χ4n) is 2.38. The fraction of sp³-hybridized carbons (Fsp3) is 0.312. The van der Waals surface area contributed by atoms with Gasteiger partial charge in [-0.3, -0.25) is 14.5 Å². The zero-order chi connectivity index (χ0) is 16.3. The van der Waals surface area contributed by atoms with Crippen LogP contribution in [-0.4, -0.2) is 54.8 Å². The molecule has 0 bridgehead atoms. The van der Waals surface area contributed by atoms with E-state index in [1.807, 2.05) is 0 Å². The Morgan fingerprint density at radius 3 is 2.45 bits per heavy atom. The first kappa shape index (κ1) is 15.8. The summed E-state index contributed by atoms with van der Waals surface area (Å²) in [5.41, 5.74) is 0.764. The summed E-state index contributed by atoms with van der Waals surface area (Å²) in [6, 6.07) is 7.48. The van der Waals surface area contributed by atoms with Crippen LogP contribution in [0.1, 0.15) is 16.8 Å². The van der Waals surface area contributed by atoms with Crippen LogP contribution in [0.15, 0.2) is 42.1 Å². The third-order valence-electron chi connectivity index (χ3n) is 3.35. The van der Waals surface area contributed by atoms with Crippen LogP contribution >= 0.6 is 0 Å². The molecular formula is C16H18N2O4. The number of imide groups is 1. The van der Waals surface area contributed by atoms with E-state index in [0.29, 0.717) is 11.1 Å². The van der Waals surface area contributed by atoms with Gasteiger partial charge < -0.3 is 9.64 Å². The molecule has 0 aromatic heterocycles. The number of carbonyl (C=O) groups is 3. The molecule has 0 saturated carbocycles. The molecular weight excluding hydrogens is 284 g/mol. The van der Waals surface area contributed by atoms with Gasteiger partial charge in [-0.05, 0) is 12.1 Å². The first-order valence-electron chi connectivity index (χ1n) is 6.83. The summed E-state index contributed by atoms with van der Waals surface area (Å²) in [4.78, 5) is 39.7. The molecule has 6 heteroatoms. The number of hydrogen-bond acceptors (Lipinski definition) is 5. The zero-order valence-corrected chi connectivity index (χ0v) is 12.8. The van der Waals surface area contributed by atoms with Crippen LogP contribution < -0.4 is 0 Å². The van der Waals surface area contributed by atoms with Crippen LogP contribution in [0.2, 0.25) is 0 Å². The van der Waals surface area contributed by atoms with Crippen molar-refractivity contribution >= 4 is 17.8 Å². The van der Waals surface area contributed by atoms with Crippen LogP contribution in [0.5, 0.6) is 0 Å². The Balaban J connectivity index is 2.39. The summed E-state index contributed by atoms with van der Waals surface area (Å²) in [6.45, 7) is 0. The molecule has 22 heavy (non-hydrogen) atoms. The van der Waals surface area contributed by atoms with E-state index in [1.165, 1.54) is 7.11 Å². The van der Waals surface area contributed by atoms with Gasteiger partial charge in [0.1, 0.15) is 6.04 Å². The molecule has 1 fully saturated rings. The predicted octanol–water partition coefficient (Wildman–Crippen LogP) is 1.05. The third kappa shape index (κ3) is 3.00. The number of esters is 1. The molecule has 1 saturated heterocycles. The summed E-state index contributed by atoms with van der Waals surface area (Å²) >= 11 is 0. The topological polar surface area (TPSA) is 66.9 Å². The maximum absolute atomic E-state index is 12.6. The lowest BCUT2D eigenvalue weighted by atomic mass is 10.1. The molecule has 0 radical (unpaired) electrons. The quantitative estimate of drug-likeness (QED) is 0.474. The van der Waals surface area contributed by atoms with Gasteiger partial charge in [-0.15, -0.1) is 0 Å². The fourth-order valence-corrected chi connectivity index (χ4v) is 2.38. The van der Waals surface area contributed by atoms with E-state index in [4.69, 9.17) is 4.74 Å². The number of likely N-dealkylation sites (tertiary alicyclic amines) is 1. The molecule has 1 aliphatic rings. The minimum atomic E-state index is -0.920. The largest absolute Gasteiger partial charge is 0.467 e. The average Bonchev–Trinajstić information content (AvgIpc) is 2.83. The summed E-state index contributed by atoms with van der Waals surface area (Å²) in [5.74, 6) is -1.55. The molecule has 0 aliphatic carbocycles. The molecule has 116 valence electrons. The van der Waals surface area contributed by atoms with Crippen LogP contribution in [0.3, 0.4) is 0 Å². The number of ether oxygens (including phenoxy) is 1. The predicted molar refractivity (Wildman–Crippen MR) is 79.8 cm³/mol. The molecule has 2 rings (SSSR count). The van der Waals surface area contributed by atoms with Gasteiger partial charge in [-0.2, -0.15) is 0 Å². The van der Waals surface area contributed by atoms with E-state index >= 15 is 0 Å². The minimum absolute atomic E-state index is 0.155. The molecule has 1 aliphatic heterocycles. The first-order valence-corrected chi connectivity index (χ1v) is 6.83. The Kier molecular flexibility index (Phi) is 4.60. The minimum Gasteiger partial charge on any atom is -0.467 e. The summed E-state index contributed by atoms with van der Waals surface area (Å²) in [6.07, 6.45) is 1.78. The van der Waals surface area contributed by atoms with Gasteiger partial charge in [0.05, 0.1) is 7.11 Å². The normalized spacial score (nSPS) is 19.4. The van der Waals surface area contributed by atoms with Crippen molar-refractivity contribution in [1.82, 2.24) is 9.80 Å². The molecule has 1 atom stereocenters. The van der Waals surface area contributed by atoms with Crippen LogP contribution in [0.4, 0.5) is 0 Å². The van der Waals surface area contributed by atoms with E-state index in [1.54, 1.807) is 55.5 Å². The number of methoxy groups -OCH3 is 1. The second kappa shape index (κ2) is 6.43. The highest BCUT2D eigenvalue weighted by atomic mass is 16.5. The van der Waals surface area contributed by atoms with Crippen molar-refractivity contribution in [2.75, 3.05) is 21.2 Å². The van der Waals surface area contributed by atoms with Gasteiger partial charge in [0, 0.05) is 37.9 Å². The summed E-state index contributed by atoms with van der Waals surface area (Å²) < 4.78 is 4.73. The number of carbonyl (C=O) groups excluding carboxylic acids is 3. The Hall–Kier alpha value is -2.63. The molecule has 1 unspecified atom stereocenters. The SMILES string of the molecule is COC(=O)C1CC(=CN(C)C)C(=O)N1C(=O)c1ccccc1. The van der Waals surface area contributed by atoms with Crippen LogP contribution in [0.25, 0.3) is 0 Å². The lowest BCUT2D eigenvalue weighted by Crippen LogP contribution is -2.43. The number of hydrogen-bond donors (Lipinski definition) is 0. The van der Waals surface area contributed by atoms with Crippen molar-refractivity contribution < 1.29 is 19.1 Å². The second-order valence-corrected chi connectivity index (χ2v) is 5.21. The Labute approximate surface area is 129 Å². The second-order valence-electron chi connectivity index (χ2n) is 5.21. The Morgan fingerprint density at radius 2 is 1.91 bits per heavy atom. The summed E-state index contributed by atoms with van der Waals surface area (Å²) in [7, 11) is 4.79. The van der Waals surface area contributed by atoms with Gasteiger partial charge in [-0.25, -0.2) is 4.79 Å². The lowest BCUT2D eigenvalue weighted by molar-refractivity contribution is -0.147. The van der Waals surface area contributed by atoms with Crippen molar-refractivity contribution in [3.63, 3.8) is 0 Å². The van der Waals surface area contributed by atoms with E-state index in [2.05, 4.69) is 0 Å². The number of rotatable bonds is 3. The maximum atomic E-state index is 12.6. The van der Waals surface area contributed by atoms with Crippen molar-refractivity contribution in [2.24, 2.45) is 0 Å². The Morgan fingerprint density at radius 1 is 1.27 bits per heavy atom. The van der Waals surface area contributed by atoms with Gasteiger partial charge >= 0.3 is 5.97 Å². The smallest absolute Gasteiger partial charge is 0.329 e. The molecule has 1 aromatic carbocycles. The zero-order valence-electron chi connectivity index (χ0n) is 12.8. The third-order valence-corrected chi connectivity index (χ3v) is 3.35. The van der Waals surface area contributed by atoms with Gasteiger partial charge in [0.25, 0.3) is 11.8 Å². The Bertz CT molecular complexity index is 622. The van der Waals surface area contributed by atoms with Crippen LogP contribution in [0, 0.1) is 0 Å². The van der Waals surface area contributed by atoms with Crippen molar-refractivity contribution in [3.05, 3.63) is 47.7 Å². The number of nitrogens with zero attached hydrogens (tertiary/aromatic N) is 2. The van der Waals surface area contributed by atoms with Gasteiger partial charge in [-0.1, -0.05) is 18.2 Å². The van der Waals surface area contributed by atoms with E-state index in [-0.39, 0.29) is 6.42 Å². The molecule has 0 N–H and O–H groups in total. The van der Waals surface area contributed by atoms with Crippen LogP contribution in [-0.2, 0) is 14.3 Å². The van der Waals surface area contributed by atoms with Crippen molar-refractivity contribution in [1.29, 1.82) is 0 Å². The number of amides is 2. The standard InChI is InChI=1S/C16H18N2O4/c1-17(2)10-12-9-13(16(21)22-3)18(15(12)20)14(19)11-7-5-4-6-8-11/h4-8,10,13H,9H2,1-3H3. The van der Waals surface area contributed by atoms with Gasteiger partial charge in [0.15, 0.2) is 0 Å². The lowest BCUT2D eigenvalue weighted by Gasteiger charge is -2.20. The monoisotopic (exact) mass is 302 g/mol. The average molecular weight is 302 g/mol. The molecule has 6 nitrogen and oxygen atoms in total. The molecule has 1 aromatic rings. The van der Waals surface area contributed by atoms with E-state index < -0.39 is 23.8 Å². The summed E-state index contributed by atoms with van der Waals surface area (Å²) in [5, 5.41) is 0. The van der Waals surface area contributed by atoms with Crippen molar-refractivity contribution in [2.45, 2.75) is 12.5 Å². The highest BCUT2D eigenvalue weighted by Gasteiger charge is 2.44. The molecule has 2 amide bonds. The number of benzene rings is 1. The van der Waals surface area contributed by atoms with E-state index in [0.717, 1.165) is 4.90 Å². The molecule has 1 heterocycles. The first-order chi connectivity index (χ1) is 10.5.